The maximum Gasteiger partial charge on any atom is 0.322 e. The molecule has 8 nitrogen and oxygen atoms in total. The number of hydrogen-bond donors (Lipinski definition) is 0. The molecule has 0 spiro atoms. The first kappa shape index (κ1) is 10.3. The van der Waals surface area contributed by atoms with Gasteiger partial charge in [0.15, 0.2) is 6.10 Å². The molecule has 0 radical (unpaired) electrons. The van der Waals surface area contributed by atoms with Crippen LogP contribution in [0.3, 0.4) is 0 Å². The topological polar surface area (TPSA) is 105 Å². The molecule has 0 aliphatic heterocycles. The van der Waals surface area contributed by atoms with Crippen molar-refractivity contribution < 1.29 is 19.9 Å². The molecule has 0 aliphatic rings. The normalized spacial score (nSPS) is 11.7. The molecule has 12 heavy (non-hydrogen) atoms. The molecule has 0 aromatic rings. The Labute approximate surface area is 66.6 Å². The van der Waals surface area contributed by atoms with E-state index < -0.39 is 22.7 Å². The monoisotopic (exact) mass is 178 g/mol. The fraction of sp³-hybridized carbons (Fsp3) is 0.500. The lowest BCUT2D eigenvalue weighted by Gasteiger charge is -2.04. The SMILES string of the molecule is C=CC(C[N+](=O)[O-])OO[N+](=O)[O-]. The van der Waals surface area contributed by atoms with E-state index in [1.807, 2.05) is 0 Å². The number of nitrogens with zero attached hydrogens (tertiary/aromatic N) is 2. The Bertz CT molecular complexity index is 192. The smallest absolute Gasteiger partial charge is 0.264 e. The van der Waals surface area contributed by atoms with Crippen LogP contribution in [-0.4, -0.2) is 22.7 Å². The molecule has 0 heterocycles. The molecule has 68 valence electrons. The molecule has 0 aliphatic carbocycles. The van der Waals surface area contributed by atoms with Gasteiger partial charge in [0.2, 0.25) is 6.54 Å². The van der Waals surface area contributed by atoms with E-state index in [1.54, 1.807) is 0 Å². The van der Waals surface area contributed by atoms with Gasteiger partial charge in [-0.1, -0.05) is 6.08 Å². The summed E-state index contributed by atoms with van der Waals surface area (Å²) in [4.78, 5) is 26.2. The minimum Gasteiger partial charge on any atom is -0.264 e. The summed E-state index contributed by atoms with van der Waals surface area (Å²) in [6.45, 7) is 2.53. The summed E-state index contributed by atoms with van der Waals surface area (Å²) in [5.74, 6) is 0. The maximum absolute atomic E-state index is 9.87. The van der Waals surface area contributed by atoms with E-state index in [0.717, 1.165) is 6.08 Å². The van der Waals surface area contributed by atoms with Crippen molar-refractivity contribution >= 4 is 0 Å². The molecule has 0 aromatic heterocycles. The molecule has 0 fully saturated rings. The van der Waals surface area contributed by atoms with Gasteiger partial charge in [-0.15, -0.1) is 21.7 Å². The number of rotatable bonds is 6. The Morgan fingerprint density at radius 3 is 2.42 bits per heavy atom. The third-order valence-electron chi connectivity index (χ3n) is 0.819. The van der Waals surface area contributed by atoms with Crippen LogP contribution in [0.25, 0.3) is 0 Å². The Morgan fingerprint density at radius 1 is 1.50 bits per heavy atom. The second-order valence-electron chi connectivity index (χ2n) is 1.68. The van der Waals surface area contributed by atoms with Gasteiger partial charge < -0.3 is 0 Å². The van der Waals surface area contributed by atoms with E-state index in [9.17, 15) is 20.2 Å². The molecule has 1 atom stereocenters. The first-order valence-corrected chi connectivity index (χ1v) is 2.78. The Kier molecular flexibility index (Phi) is 4.31. The van der Waals surface area contributed by atoms with E-state index in [0.29, 0.717) is 0 Å². The average Bonchev–Trinajstić information content (AvgIpc) is 1.97. The number of hydrogen-bond acceptors (Lipinski definition) is 6. The molecule has 1 unspecified atom stereocenters. The second kappa shape index (κ2) is 5.02. The third-order valence-corrected chi connectivity index (χ3v) is 0.819. The molecular formula is C4H6N2O6. The van der Waals surface area contributed by atoms with Crippen molar-refractivity contribution in [3.8, 4) is 0 Å². The molecule has 0 N–H and O–H groups in total. The summed E-state index contributed by atoms with van der Waals surface area (Å²) in [7, 11) is 0. The van der Waals surface area contributed by atoms with E-state index in [2.05, 4.69) is 16.5 Å². The minimum atomic E-state index is -1.21. The summed E-state index contributed by atoms with van der Waals surface area (Å²) < 4.78 is 0. The van der Waals surface area contributed by atoms with Crippen molar-refractivity contribution in [1.29, 1.82) is 0 Å². The molecule has 8 heteroatoms. The van der Waals surface area contributed by atoms with E-state index in [4.69, 9.17) is 0 Å². The maximum atomic E-state index is 9.87. The second-order valence-corrected chi connectivity index (χ2v) is 1.68. The molecular weight excluding hydrogens is 172 g/mol. The number of nitro groups is 1. The minimum absolute atomic E-state index is 0.628. The molecule has 0 amide bonds. The van der Waals surface area contributed by atoms with Gasteiger partial charge >= 0.3 is 5.09 Å². The van der Waals surface area contributed by atoms with E-state index in [-0.39, 0.29) is 0 Å². The molecule has 0 saturated carbocycles. The summed E-state index contributed by atoms with van der Waals surface area (Å²) in [5.41, 5.74) is 0. The summed E-state index contributed by atoms with van der Waals surface area (Å²) in [6.07, 6.45) is -0.0860. The van der Waals surface area contributed by atoms with Gasteiger partial charge in [0.25, 0.3) is 0 Å². The predicted molar refractivity (Wildman–Crippen MR) is 35.0 cm³/mol. The Balaban J connectivity index is 3.75. The molecule has 0 aromatic carbocycles. The van der Waals surface area contributed by atoms with Crippen molar-refractivity contribution in [2.45, 2.75) is 6.10 Å². The van der Waals surface area contributed by atoms with Crippen molar-refractivity contribution in [3.05, 3.63) is 32.9 Å². The van der Waals surface area contributed by atoms with Gasteiger partial charge in [-0.2, -0.15) is 4.89 Å². The Hall–Kier alpha value is -1.70. The fourth-order valence-electron chi connectivity index (χ4n) is 0.382. The summed E-state index contributed by atoms with van der Waals surface area (Å²) in [5, 5.41) is 18.2. The Morgan fingerprint density at radius 2 is 2.08 bits per heavy atom. The van der Waals surface area contributed by atoms with Gasteiger partial charge in [-0.25, -0.2) is 0 Å². The molecule has 0 saturated heterocycles. The zero-order valence-corrected chi connectivity index (χ0v) is 5.91. The van der Waals surface area contributed by atoms with Crippen molar-refractivity contribution in [2.24, 2.45) is 0 Å². The van der Waals surface area contributed by atoms with E-state index >= 15 is 0 Å². The van der Waals surface area contributed by atoms with Crippen LogP contribution in [0.2, 0.25) is 0 Å². The van der Waals surface area contributed by atoms with Crippen molar-refractivity contribution in [2.75, 3.05) is 6.54 Å². The lowest BCUT2D eigenvalue weighted by molar-refractivity contribution is -0.855. The van der Waals surface area contributed by atoms with Gasteiger partial charge in [-0.3, -0.25) is 10.1 Å². The average molecular weight is 178 g/mol. The lowest BCUT2D eigenvalue weighted by Crippen LogP contribution is -2.22. The summed E-state index contributed by atoms with van der Waals surface area (Å²) >= 11 is 0. The fourth-order valence-corrected chi connectivity index (χ4v) is 0.382. The lowest BCUT2D eigenvalue weighted by atomic mass is 10.4. The van der Waals surface area contributed by atoms with Crippen LogP contribution in [0.5, 0.6) is 0 Å². The quantitative estimate of drug-likeness (QED) is 0.244. The van der Waals surface area contributed by atoms with Crippen LogP contribution in [-0.2, 0) is 9.88 Å². The highest BCUT2D eigenvalue weighted by Gasteiger charge is 2.14. The van der Waals surface area contributed by atoms with Gasteiger partial charge in [0, 0.05) is 4.92 Å². The van der Waals surface area contributed by atoms with Gasteiger partial charge in [-0.05, 0) is 0 Å². The molecule has 0 rings (SSSR count). The zero-order valence-electron chi connectivity index (χ0n) is 5.91. The summed E-state index contributed by atoms with van der Waals surface area (Å²) in [6, 6.07) is 0. The standard InChI is InChI=1S/C4H6N2O6/c1-2-4(3-5(7)8)11-12-6(9)10/h2,4H,1,3H2. The largest absolute Gasteiger partial charge is 0.322 e. The highest BCUT2D eigenvalue weighted by Crippen LogP contribution is 1.94. The van der Waals surface area contributed by atoms with Crippen LogP contribution < -0.4 is 0 Å². The van der Waals surface area contributed by atoms with E-state index in [1.165, 1.54) is 0 Å². The van der Waals surface area contributed by atoms with Crippen LogP contribution in [0.15, 0.2) is 12.7 Å². The van der Waals surface area contributed by atoms with Crippen LogP contribution in [0.4, 0.5) is 0 Å². The van der Waals surface area contributed by atoms with Crippen LogP contribution in [0, 0.1) is 20.2 Å². The van der Waals surface area contributed by atoms with Gasteiger partial charge in [0.1, 0.15) is 0 Å². The van der Waals surface area contributed by atoms with Crippen LogP contribution >= 0.6 is 0 Å². The van der Waals surface area contributed by atoms with Gasteiger partial charge in [0.05, 0.1) is 0 Å². The highest BCUT2D eigenvalue weighted by molar-refractivity contribution is 4.77. The van der Waals surface area contributed by atoms with Crippen LogP contribution in [0.1, 0.15) is 0 Å². The first-order chi connectivity index (χ1) is 5.56. The third kappa shape index (κ3) is 5.11. The van der Waals surface area contributed by atoms with Crippen molar-refractivity contribution in [1.82, 2.24) is 0 Å². The first-order valence-electron chi connectivity index (χ1n) is 2.78. The predicted octanol–water partition coefficient (Wildman–Crippen LogP) is -0.0424. The zero-order chi connectivity index (χ0) is 9.56. The molecule has 0 bridgehead atoms. The van der Waals surface area contributed by atoms with Crippen molar-refractivity contribution in [3.63, 3.8) is 0 Å². The highest BCUT2D eigenvalue weighted by atomic mass is 17.3.